The van der Waals surface area contributed by atoms with Crippen molar-refractivity contribution in [2.45, 2.75) is 75.9 Å². The van der Waals surface area contributed by atoms with Crippen molar-refractivity contribution in [1.82, 2.24) is 10.2 Å². The highest BCUT2D eigenvalue weighted by Crippen LogP contribution is 2.28. The first kappa shape index (κ1) is 32.4. The molecule has 230 valence electrons. The first-order valence-corrected chi connectivity index (χ1v) is 16.7. The van der Waals surface area contributed by atoms with E-state index in [9.17, 15) is 18.0 Å². The zero-order valence-electron chi connectivity index (χ0n) is 24.7. The van der Waals surface area contributed by atoms with E-state index in [0.29, 0.717) is 29.5 Å². The lowest BCUT2D eigenvalue weighted by molar-refractivity contribution is -0.140. The normalized spacial score (nSPS) is 14.5. The topological polar surface area (TPSA) is 96.0 Å². The molecule has 0 unspecified atom stereocenters. The molecule has 1 fully saturated rings. The van der Waals surface area contributed by atoms with Gasteiger partial charge in [-0.1, -0.05) is 68.1 Å². The molecule has 0 saturated heterocycles. The van der Waals surface area contributed by atoms with Gasteiger partial charge in [-0.3, -0.25) is 13.9 Å². The first-order chi connectivity index (χ1) is 20.7. The van der Waals surface area contributed by atoms with Crippen LogP contribution in [0.5, 0.6) is 5.75 Å². The van der Waals surface area contributed by atoms with E-state index >= 15 is 0 Å². The number of ether oxygens (including phenoxy) is 1. The highest BCUT2D eigenvalue weighted by atomic mass is 35.5. The van der Waals surface area contributed by atoms with Gasteiger partial charge in [0.05, 0.1) is 17.2 Å². The molecule has 4 rings (SSSR count). The maximum absolute atomic E-state index is 14.2. The monoisotopic (exact) mass is 625 g/mol. The van der Waals surface area contributed by atoms with Crippen LogP contribution in [0.15, 0.2) is 83.8 Å². The molecule has 2 amide bonds. The predicted octanol–water partition coefficient (Wildman–Crippen LogP) is 6.19. The third kappa shape index (κ3) is 8.51. The van der Waals surface area contributed by atoms with Gasteiger partial charge < -0.3 is 15.0 Å². The lowest BCUT2D eigenvalue weighted by Crippen LogP contribution is -2.54. The van der Waals surface area contributed by atoms with Crippen LogP contribution in [0.4, 0.5) is 5.69 Å². The van der Waals surface area contributed by atoms with E-state index in [-0.39, 0.29) is 23.4 Å². The number of hydrogen-bond donors (Lipinski definition) is 1. The van der Waals surface area contributed by atoms with E-state index in [0.717, 1.165) is 42.0 Å². The van der Waals surface area contributed by atoms with Crippen LogP contribution in [-0.4, -0.2) is 50.4 Å². The molecule has 0 spiro atoms. The molecule has 3 aromatic rings. The third-order valence-electron chi connectivity index (χ3n) is 7.65. The summed E-state index contributed by atoms with van der Waals surface area (Å²) in [6, 6.07) is 21.1. The molecule has 0 aromatic heterocycles. The Morgan fingerprint density at radius 1 is 0.930 bits per heavy atom. The molecule has 8 nitrogen and oxygen atoms in total. The average Bonchev–Trinajstić information content (AvgIpc) is 3.01. The number of halogens is 1. The number of anilines is 1. The van der Waals surface area contributed by atoms with E-state index in [2.05, 4.69) is 5.32 Å². The summed E-state index contributed by atoms with van der Waals surface area (Å²) in [5.41, 5.74) is 1.14. The van der Waals surface area contributed by atoms with Crippen molar-refractivity contribution >= 4 is 39.1 Å². The van der Waals surface area contributed by atoms with E-state index in [1.165, 1.54) is 29.2 Å². The molecule has 43 heavy (non-hydrogen) atoms. The molecule has 0 heterocycles. The number of amides is 2. The van der Waals surface area contributed by atoms with Crippen molar-refractivity contribution < 1.29 is 22.7 Å². The van der Waals surface area contributed by atoms with Crippen molar-refractivity contribution in [2.24, 2.45) is 0 Å². The molecule has 1 aliphatic rings. The van der Waals surface area contributed by atoms with Crippen LogP contribution < -0.4 is 14.4 Å². The van der Waals surface area contributed by atoms with Gasteiger partial charge in [-0.25, -0.2) is 8.42 Å². The summed E-state index contributed by atoms with van der Waals surface area (Å²) < 4.78 is 34.6. The van der Waals surface area contributed by atoms with Gasteiger partial charge in [0.1, 0.15) is 18.3 Å². The van der Waals surface area contributed by atoms with Gasteiger partial charge in [-0.15, -0.1) is 0 Å². The molecular formula is C33H40ClN3O5S. The SMILES string of the molecule is CCOc1ccc(N(CC(=O)N(Cc2ccccc2)[C@@H](CC)C(=O)NC2CCCCC2)S(=O)(=O)c2ccc(Cl)cc2)cc1. The highest BCUT2D eigenvalue weighted by molar-refractivity contribution is 7.92. The number of rotatable bonds is 13. The van der Waals surface area contributed by atoms with Crippen molar-refractivity contribution in [3.63, 3.8) is 0 Å². The second kappa shape index (κ2) is 15.3. The second-order valence-electron chi connectivity index (χ2n) is 10.7. The maximum atomic E-state index is 14.2. The molecule has 1 aliphatic carbocycles. The van der Waals surface area contributed by atoms with Gasteiger partial charge in [0.15, 0.2) is 0 Å². The number of carbonyl (C=O) groups excluding carboxylic acids is 2. The summed E-state index contributed by atoms with van der Waals surface area (Å²) >= 11 is 6.04. The molecular weight excluding hydrogens is 586 g/mol. The number of sulfonamides is 1. The second-order valence-corrected chi connectivity index (χ2v) is 13.0. The largest absolute Gasteiger partial charge is 0.494 e. The Bertz CT molecular complexity index is 1440. The summed E-state index contributed by atoms with van der Waals surface area (Å²) in [4.78, 5) is 29.3. The molecule has 0 bridgehead atoms. The maximum Gasteiger partial charge on any atom is 0.264 e. The Kier molecular flexibility index (Phi) is 11.5. The number of nitrogens with zero attached hydrogens (tertiary/aromatic N) is 2. The zero-order chi connectivity index (χ0) is 30.8. The van der Waals surface area contributed by atoms with E-state index < -0.39 is 28.5 Å². The highest BCUT2D eigenvalue weighted by Gasteiger charge is 2.34. The number of carbonyl (C=O) groups is 2. The standard InChI is InChI=1S/C33H40ClN3O5S/c1-3-31(33(39)35-27-13-9-6-10-14-27)36(23-25-11-7-5-8-12-25)32(38)24-37(28-17-19-29(20-18-28)42-4-2)43(40,41)30-21-15-26(34)16-22-30/h5,7-8,11-12,15-22,27,31H,3-4,6,9-10,13-14,23-24H2,1-2H3,(H,35,39)/t31-/m0/s1. The van der Waals surface area contributed by atoms with Gasteiger partial charge in [0.2, 0.25) is 11.8 Å². The van der Waals surface area contributed by atoms with Gasteiger partial charge in [-0.05, 0) is 80.3 Å². The fourth-order valence-electron chi connectivity index (χ4n) is 5.38. The molecule has 1 saturated carbocycles. The van der Waals surface area contributed by atoms with Crippen LogP contribution in [0.25, 0.3) is 0 Å². The van der Waals surface area contributed by atoms with Crippen LogP contribution in [-0.2, 0) is 26.2 Å². The first-order valence-electron chi connectivity index (χ1n) is 14.9. The molecule has 1 N–H and O–H groups in total. The fraction of sp³-hybridized carbons (Fsp3) is 0.394. The quantitative estimate of drug-likeness (QED) is 0.244. The van der Waals surface area contributed by atoms with Crippen LogP contribution >= 0.6 is 11.6 Å². The van der Waals surface area contributed by atoms with Crippen LogP contribution in [0.3, 0.4) is 0 Å². The Hall–Kier alpha value is -3.56. The van der Waals surface area contributed by atoms with Gasteiger partial charge in [0.25, 0.3) is 10.0 Å². The van der Waals surface area contributed by atoms with Gasteiger partial charge in [-0.2, -0.15) is 0 Å². The number of benzene rings is 3. The Labute approximate surface area is 260 Å². The van der Waals surface area contributed by atoms with Crippen molar-refractivity contribution in [1.29, 1.82) is 0 Å². The Morgan fingerprint density at radius 3 is 2.19 bits per heavy atom. The minimum atomic E-state index is -4.19. The smallest absolute Gasteiger partial charge is 0.264 e. The predicted molar refractivity (Wildman–Crippen MR) is 170 cm³/mol. The average molecular weight is 626 g/mol. The van der Waals surface area contributed by atoms with Crippen LogP contribution in [0.2, 0.25) is 5.02 Å². The van der Waals surface area contributed by atoms with Crippen LogP contribution in [0, 0.1) is 0 Å². The number of hydrogen-bond acceptors (Lipinski definition) is 5. The molecule has 0 aliphatic heterocycles. The van der Waals surface area contributed by atoms with Crippen molar-refractivity contribution in [3.05, 3.63) is 89.4 Å². The summed E-state index contributed by atoms with van der Waals surface area (Å²) in [7, 11) is -4.19. The van der Waals surface area contributed by atoms with E-state index in [1.54, 1.807) is 24.3 Å². The van der Waals surface area contributed by atoms with Gasteiger partial charge >= 0.3 is 0 Å². The minimum absolute atomic E-state index is 0.00437. The Balaban J connectivity index is 1.69. The fourth-order valence-corrected chi connectivity index (χ4v) is 6.92. The van der Waals surface area contributed by atoms with E-state index in [1.807, 2.05) is 44.2 Å². The molecule has 10 heteroatoms. The van der Waals surface area contributed by atoms with E-state index in [4.69, 9.17) is 16.3 Å². The van der Waals surface area contributed by atoms with Crippen LogP contribution in [0.1, 0.15) is 57.9 Å². The van der Waals surface area contributed by atoms with Crippen molar-refractivity contribution in [2.75, 3.05) is 17.5 Å². The van der Waals surface area contributed by atoms with Crippen molar-refractivity contribution in [3.8, 4) is 5.75 Å². The summed E-state index contributed by atoms with van der Waals surface area (Å²) in [6.07, 6.45) is 5.50. The summed E-state index contributed by atoms with van der Waals surface area (Å²) in [6.45, 7) is 3.85. The summed E-state index contributed by atoms with van der Waals surface area (Å²) in [5, 5.41) is 3.56. The minimum Gasteiger partial charge on any atom is -0.494 e. The zero-order valence-corrected chi connectivity index (χ0v) is 26.3. The molecule has 0 radical (unpaired) electrons. The lowest BCUT2D eigenvalue weighted by atomic mass is 9.95. The Morgan fingerprint density at radius 2 is 1.58 bits per heavy atom. The van der Waals surface area contributed by atoms with Gasteiger partial charge in [0, 0.05) is 17.6 Å². The molecule has 1 atom stereocenters. The molecule has 3 aromatic carbocycles. The third-order valence-corrected chi connectivity index (χ3v) is 9.69. The summed E-state index contributed by atoms with van der Waals surface area (Å²) in [5.74, 6) is -0.120. The lowest BCUT2D eigenvalue weighted by Gasteiger charge is -2.34. The number of nitrogens with one attached hydrogen (secondary N) is 1.